The molecular formula is C26H25FN6O. The lowest BCUT2D eigenvalue weighted by Gasteiger charge is -2.22. The van der Waals surface area contributed by atoms with E-state index in [0.717, 1.165) is 51.3 Å². The van der Waals surface area contributed by atoms with Crippen LogP contribution < -0.4 is 10.5 Å². The number of rotatable bonds is 1. The van der Waals surface area contributed by atoms with Crippen molar-refractivity contribution >= 4 is 11.4 Å². The number of pyridine rings is 1. The quantitative estimate of drug-likeness (QED) is 0.431. The van der Waals surface area contributed by atoms with Crippen LogP contribution in [0.15, 0.2) is 43.2 Å². The standard InChI is InChI=1S/C26H25FN6O/c1-5-33-25-15-9-21(26(28)29-11-15)34-14(3)18-10-16(27)6-7-17(18)24-20(12-32(4)30-24)19-8-13(2)23(31-33)22(19)25/h6-7,9-12,14,19H,2,5,8H2,1,3-4H3,(H2,28,29)/t14-,19?/m1/s1. The Labute approximate surface area is 196 Å². The Morgan fingerprint density at radius 2 is 2.03 bits per heavy atom. The van der Waals surface area contributed by atoms with E-state index < -0.39 is 6.10 Å². The third kappa shape index (κ3) is 2.91. The van der Waals surface area contributed by atoms with Gasteiger partial charge in [0.05, 0.1) is 17.1 Å². The predicted molar refractivity (Wildman–Crippen MR) is 129 cm³/mol. The van der Waals surface area contributed by atoms with Gasteiger partial charge in [-0.2, -0.15) is 10.2 Å². The van der Waals surface area contributed by atoms with Gasteiger partial charge in [0.1, 0.15) is 11.9 Å². The number of nitrogen functional groups attached to an aromatic ring is 1. The molecular weight excluding hydrogens is 431 g/mol. The van der Waals surface area contributed by atoms with Crippen molar-refractivity contribution in [2.75, 3.05) is 5.73 Å². The fourth-order valence-electron chi connectivity index (χ4n) is 5.30. The Morgan fingerprint density at radius 3 is 2.82 bits per heavy atom. The highest BCUT2D eigenvalue weighted by Gasteiger charge is 2.37. The maximum Gasteiger partial charge on any atom is 0.166 e. The normalized spacial score (nSPS) is 18.4. The van der Waals surface area contributed by atoms with Gasteiger partial charge in [0.15, 0.2) is 11.6 Å². The molecule has 2 bridgehead atoms. The van der Waals surface area contributed by atoms with Gasteiger partial charge in [0.25, 0.3) is 0 Å². The van der Waals surface area contributed by atoms with Crippen LogP contribution in [0.4, 0.5) is 10.2 Å². The molecule has 8 heteroatoms. The van der Waals surface area contributed by atoms with Crippen LogP contribution in [0.25, 0.3) is 28.1 Å². The monoisotopic (exact) mass is 456 g/mol. The van der Waals surface area contributed by atoms with Gasteiger partial charge in [-0.05, 0) is 50.1 Å². The van der Waals surface area contributed by atoms with Crippen LogP contribution in [-0.2, 0) is 13.6 Å². The van der Waals surface area contributed by atoms with Gasteiger partial charge in [0, 0.05) is 59.7 Å². The first kappa shape index (κ1) is 20.7. The van der Waals surface area contributed by atoms with Crippen molar-refractivity contribution in [2.45, 2.75) is 38.8 Å². The first-order valence-electron chi connectivity index (χ1n) is 11.4. The molecule has 0 saturated carbocycles. The van der Waals surface area contributed by atoms with Crippen LogP contribution in [0.2, 0.25) is 0 Å². The molecule has 0 spiro atoms. The number of anilines is 1. The first-order valence-corrected chi connectivity index (χ1v) is 11.4. The van der Waals surface area contributed by atoms with E-state index in [1.165, 1.54) is 12.1 Å². The molecule has 0 amide bonds. The molecule has 2 N–H and O–H groups in total. The lowest BCUT2D eigenvalue weighted by molar-refractivity contribution is 0.227. The fraction of sp³-hybridized carbons (Fsp3) is 0.269. The summed E-state index contributed by atoms with van der Waals surface area (Å²) in [5.41, 5.74) is 14.5. The van der Waals surface area contributed by atoms with Gasteiger partial charge < -0.3 is 10.5 Å². The fourth-order valence-corrected chi connectivity index (χ4v) is 5.30. The summed E-state index contributed by atoms with van der Waals surface area (Å²) in [5, 5.41) is 9.73. The molecule has 1 aliphatic heterocycles. The number of ether oxygens (including phenoxy) is 1. The zero-order valence-corrected chi connectivity index (χ0v) is 19.3. The number of allylic oxidation sites excluding steroid dienone is 1. The van der Waals surface area contributed by atoms with Gasteiger partial charge in [-0.1, -0.05) is 6.58 Å². The summed E-state index contributed by atoms with van der Waals surface area (Å²) in [6.45, 7) is 8.98. The lowest BCUT2D eigenvalue weighted by Crippen LogP contribution is -2.11. The molecule has 1 aliphatic carbocycles. The van der Waals surface area contributed by atoms with Crippen molar-refractivity contribution in [3.63, 3.8) is 0 Å². The van der Waals surface area contributed by atoms with Gasteiger partial charge in [0.2, 0.25) is 0 Å². The highest BCUT2D eigenvalue weighted by molar-refractivity contribution is 5.82. The number of nitrogens with two attached hydrogens (primary N) is 1. The topological polar surface area (TPSA) is 83.8 Å². The Hall–Kier alpha value is -3.94. The van der Waals surface area contributed by atoms with Crippen LogP contribution >= 0.6 is 0 Å². The highest BCUT2D eigenvalue weighted by atomic mass is 19.1. The molecule has 172 valence electrons. The first-order chi connectivity index (χ1) is 16.4. The van der Waals surface area contributed by atoms with Gasteiger partial charge in [-0.25, -0.2) is 9.37 Å². The number of hydrogen-bond donors (Lipinski definition) is 1. The van der Waals surface area contributed by atoms with Gasteiger partial charge in [-0.15, -0.1) is 0 Å². The Balaban J connectivity index is 1.73. The Kier molecular flexibility index (Phi) is 4.42. The highest BCUT2D eigenvalue weighted by Crippen LogP contribution is 2.51. The molecule has 2 aliphatic rings. The Bertz CT molecular complexity index is 1480. The summed E-state index contributed by atoms with van der Waals surface area (Å²) < 4.78 is 24.5. The maximum atomic E-state index is 14.4. The van der Waals surface area contributed by atoms with Crippen LogP contribution in [0.5, 0.6) is 5.75 Å². The zero-order valence-electron chi connectivity index (χ0n) is 19.3. The van der Waals surface area contributed by atoms with Gasteiger partial charge in [-0.3, -0.25) is 9.36 Å². The van der Waals surface area contributed by atoms with E-state index in [2.05, 4.69) is 18.5 Å². The molecule has 6 rings (SSSR count). The molecule has 3 aromatic heterocycles. The van der Waals surface area contributed by atoms with Crippen LogP contribution in [0.3, 0.4) is 0 Å². The summed E-state index contributed by atoms with van der Waals surface area (Å²) in [6.07, 6.45) is 4.07. The summed E-state index contributed by atoms with van der Waals surface area (Å²) in [5.74, 6) is 0.412. The van der Waals surface area contributed by atoms with Crippen molar-refractivity contribution in [3.8, 4) is 28.3 Å². The molecule has 1 unspecified atom stereocenters. The number of nitrogens with zero attached hydrogens (tertiary/aromatic N) is 5. The minimum Gasteiger partial charge on any atom is -0.482 e. The number of benzene rings is 1. The average molecular weight is 457 g/mol. The van der Waals surface area contributed by atoms with Crippen molar-refractivity contribution in [1.29, 1.82) is 0 Å². The molecule has 1 aromatic carbocycles. The molecule has 0 fully saturated rings. The van der Waals surface area contributed by atoms with E-state index in [-0.39, 0.29) is 17.6 Å². The van der Waals surface area contributed by atoms with Crippen molar-refractivity contribution in [2.24, 2.45) is 7.05 Å². The summed E-state index contributed by atoms with van der Waals surface area (Å²) >= 11 is 0. The van der Waals surface area contributed by atoms with Crippen LogP contribution in [0.1, 0.15) is 54.7 Å². The third-order valence-electron chi connectivity index (χ3n) is 6.82. The van der Waals surface area contributed by atoms with Crippen molar-refractivity contribution in [3.05, 3.63) is 71.4 Å². The number of hydrogen-bond acceptors (Lipinski definition) is 5. The minimum absolute atomic E-state index is 0.0102. The van der Waals surface area contributed by atoms with E-state index in [1.807, 2.05) is 35.6 Å². The predicted octanol–water partition coefficient (Wildman–Crippen LogP) is 5.09. The van der Waals surface area contributed by atoms with Crippen molar-refractivity contribution in [1.82, 2.24) is 24.5 Å². The largest absolute Gasteiger partial charge is 0.482 e. The second-order valence-corrected chi connectivity index (χ2v) is 8.99. The van der Waals surface area contributed by atoms with E-state index in [0.29, 0.717) is 17.9 Å². The third-order valence-corrected chi connectivity index (χ3v) is 6.82. The number of aromatic nitrogens is 5. The molecule has 4 aromatic rings. The molecule has 2 atom stereocenters. The van der Waals surface area contributed by atoms with E-state index >= 15 is 0 Å². The molecule has 7 nitrogen and oxygen atoms in total. The Morgan fingerprint density at radius 1 is 1.21 bits per heavy atom. The summed E-state index contributed by atoms with van der Waals surface area (Å²) in [7, 11) is 1.91. The van der Waals surface area contributed by atoms with Crippen LogP contribution in [-0.4, -0.2) is 24.5 Å². The summed E-state index contributed by atoms with van der Waals surface area (Å²) in [4.78, 5) is 4.43. The van der Waals surface area contributed by atoms with Crippen molar-refractivity contribution < 1.29 is 9.13 Å². The summed E-state index contributed by atoms with van der Waals surface area (Å²) in [6, 6.07) is 6.66. The average Bonchev–Trinajstić information content (AvgIpc) is 3.47. The zero-order chi connectivity index (χ0) is 23.7. The number of halogens is 1. The van der Waals surface area contributed by atoms with E-state index in [4.69, 9.17) is 20.7 Å². The van der Waals surface area contributed by atoms with E-state index in [1.54, 1.807) is 12.3 Å². The lowest BCUT2D eigenvalue weighted by atomic mass is 9.88. The van der Waals surface area contributed by atoms with Crippen LogP contribution in [0, 0.1) is 5.82 Å². The van der Waals surface area contributed by atoms with Gasteiger partial charge >= 0.3 is 0 Å². The molecule has 4 heterocycles. The molecule has 0 radical (unpaired) electrons. The second-order valence-electron chi connectivity index (χ2n) is 8.99. The maximum absolute atomic E-state index is 14.4. The number of aryl methyl sites for hydroxylation is 2. The second kappa shape index (κ2) is 7.28. The minimum atomic E-state index is -0.482. The smallest absolute Gasteiger partial charge is 0.166 e. The van der Waals surface area contributed by atoms with E-state index in [9.17, 15) is 4.39 Å². The SMILES string of the molecule is C=C1CC2c3cn(C)nc3-c3ccc(F)cc3[C@@H](C)Oc3cc(cnc3N)-c3c2c1nn3CC. The number of fused-ring (bicyclic) bond motifs is 7. The molecule has 34 heavy (non-hydrogen) atoms. The molecule has 0 saturated heterocycles.